The maximum absolute atomic E-state index is 15.2. The summed E-state index contributed by atoms with van der Waals surface area (Å²) in [6.07, 6.45) is 0.877. The molecule has 48 heavy (non-hydrogen) atoms. The molecule has 3 aromatic rings. The standard InChI is InChI=1S/C35H41FN4O7S/c36-32(48(44,45)29-12-5-2-6-13-29)22-28(11-7-8-18-39-35(43)47-24-26-9-3-1-4-10-26)40-34(42)30(37)21-25-14-16-27(17-15-25)33(41)31-23-38-19-20-46-31/h1-6,9-10,12-17,22,28,30-31,38H,7-8,11,18-21,23-24,37H2,(H,39,43)(H,40,42)/t28-,30-,31?/m0/s1. The van der Waals surface area contributed by atoms with Gasteiger partial charge in [-0.3, -0.25) is 9.59 Å². The Balaban J connectivity index is 1.33. The van der Waals surface area contributed by atoms with Crippen molar-refractivity contribution in [2.45, 2.75) is 55.4 Å². The lowest BCUT2D eigenvalue weighted by Gasteiger charge is -2.22. The number of ketones is 1. The molecule has 0 bridgehead atoms. The summed E-state index contributed by atoms with van der Waals surface area (Å²) in [4.78, 5) is 37.6. The average molecular weight is 681 g/mol. The lowest BCUT2D eigenvalue weighted by molar-refractivity contribution is -0.122. The highest BCUT2D eigenvalue weighted by atomic mass is 32.2. The largest absolute Gasteiger partial charge is 0.445 e. The molecule has 11 nitrogen and oxygen atoms in total. The highest BCUT2D eigenvalue weighted by molar-refractivity contribution is 7.95. The Kier molecular flexibility index (Phi) is 13.8. The van der Waals surface area contributed by atoms with Crippen molar-refractivity contribution in [2.24, 2.45) is 5.73 Å². The second-order valence-electron chi connectivity index (χ2n) is 11.3. The summed E-state index contributed by atoms with van der Waals surface area (Å²) in [5.41, 5.74) is 8.22. The number of benzene rings is 3. The van der Waals surface area contributed by atoms with Crippen molar-refractivity contribution in [1.29, 1.82) is 0 Å². The predicted molar refractivity (Wildman–Crippen MR) is 178 cm³/mol. The molecule has 1 fully saturated rings. The molecular formula is C35H41FN4O7S. The minimum absolute atomic E-state index is 0.121. The normalized spacial score (nSPS) is 16.4. The molecule has 1 heterocycles. The minimum atomic E-state index is -4.44. The number of Topliss-reactive ketones (excluding diaryl/α,β-unsaturated/α-hetero) is 1. The van der Waals surface area contributed by atoms with Gasteiger partial charge in [-0.15, -0.1) is 0 Å². The maximum Gasteiger partial charge on any atom is 0.407 e. The molecule has 1 saturated heterocycles. The van der Waals surface area contributed by atoms with Crippen LogP contribution in [0.5, 0.6) is 0 Å². The lowest BCUT2D eigenvalue weighted by atomic mass is 10.00. The highest BCUT2D eigenvalue weighted by Crippen LogP contribution is 2.21. The monoisotopic (exact) mass is 680 g/mol. The first-order valence-electron chi connectivity index (χ1n) is 15.8. The summed E-state index contributed by atoms with van der Waals surface area (Å²) in [5, 5.41) is 7.04. The second-order valence-corrected chi connectivity index (χ2v) is 13.2. The number of carbonyl (C=O) groups is 3. The van der Waals surface area contributed by atoms with E-state index in [9.17, 15) is 22.8 Å². The topological polar surface area (TPSA) is 166 Å². The SMILES string of the molecule is N[C@@H](Cc1ccc(C(=O)C2CNCCO2)cc1)C(=O)N[C@H](C=C(F)S(=O)(=O)c1ccccc1)CCCCNC(=O)OCc1ccccc1. The summed E-state index contributed by atoms with van der Waals surface area (Å²) in [6, 6.07) is 21.1. The average Bonchev–Trinajstić information content (AvgIpc) is 3.11. The van der Waals surface area contributed by atoms with Crippen molar-refractivity contribution in [3.05, 3.63) is 113 Å². The molecular weight excluding hydrogens is 639 g/mol. The number of nitrogens with one attached hydrogen (secondary N) is 3. The van der Waals surface area contributed by atoms with Crippen molar-refractivity contribution in [2.75, 3.05) is 26.2 Å². The Morgan fingerprint density at radius 1 is 0.979 bits per heavy atom. The smallest absolute Gasteiger partial charge is 0.407 e. The van der Waals surface area contributed by atoms with Gasteiger partial charge in [-0.2, -0.15) is 4.39 Å². The Morgan fingerprint density at radius 2 is 1.67 bits per heavy atom. The third-order valence-corrected chi connectivity index (χ3v) is 9.19. The molecule has 256 valence electrons. The van der Waals surface area contributed by atoms with Crippen LogP contribution in [-0.4, -0.2) is 70.6 Å². The van der Waals surface area contributed by atoms with Crippen molar-refractivity contribution in [3.63, 3.8) is 0 Å². The van der Waals surface area contributed by atoms with Crippen LogP contribution in [0.25, 0.3) is 0 Å². The fourth-order valence-electron chi connectivity index (χ4n) is 4.97. The highest BCUT2D eigenvalue weighted by Gasteiger charge is 2.25. The Morgan fingerprint density at radius 3 is 2.33 bits per heavy atom. The van der Waals surface area contributed by atoms with Crippen LogP contribution in [0, 0.1) is 0 Å². The first-order valence-corrected chi connectivity index (χ1v) is 17.2. The number of unbranched alkanes of at least 4 members (excludes halogenated alkanes) is 1. The van der Waals surface area contributed by atoms with Gasteiger partial charge in [0.15, 0.2) is 5.78 Å². The summed E-state index contributed by atoms with van der Waals surface area (Å²) in [5.74, 6) is -0.747. The van der Waals surface area contributed by atoms with Gasteiger partial charge >= 0.3 is 6.09 Å². The molecule has 0 spiro atoms. The van der Waals surface area contributed by atoms with Crippen molar-refractivity contribution in [1.82, 2.24) is 16.0 Å². The van der Waals surface area contributed by atoms with Gasteiger partial charge in [-0.1, -0.05) is 72.8 Å². The van der Waals surface area contributed by atoms with E-state index in [1.165, 1.54) is 24.3 Å². The molecule has 3 aromatic carbocycles. The zero-order valence-corrected chi connectivity index (χ0v) is 27.3. The number of morpholine rings is 1. The van der Waals surface area contributed by atoms with Crippen LogP contribution >= 0.6 is 0 Å². The molecule has 0 radical (unpaired) electrons. The van der Waals surface area contributed by atoms with Crippen molar-refractivity contribution < 1.29 is 36.7 Å². The summed E-state index contributed by atoms with van der Waals surface area (Å²) in [6.45, 7) is 1.96. The molecule has 4 rings (SSSR count). The van der Waals surface area contributed by atoms with E-state index in [0.29, 0.717) is 43.7 Å². The van der Waals surface area contributed by atoms with Gasteiger partial charge in [0.25, 0.3) is 0 Å². The van der Waals surface area contributed by atoms with Gasteiger partial charge in [0.1, 0.15) is 12.7 Å². The van der Waals surface area contributed by atoms with E-state index in [1.807, 2.05) is 30.3 Å². The number of amides is 2. The van der Waals surface area contributed by atoms with Crippen LogP contribution in [0.1, 0.15) is 40.7 Å². The van der Waals surface area contributed by atoms with Crippen LogP contribution in [-0.2, 0) is 37.1 Å². The maximum atomic E-state index is 15.2. The molecule has 0 saturated carbocycles. The molecule has 0 aliphatic carbocycles. The number of alkyl carbamates (subject to hydrolysis) is 1. The number of carbonyl (C=O) groups excluding carboxylic acids is 3. The quantitative estimate of drug-likeness (QED) is 0.131. The molecule has 1 aliphatic rings. The van der Waals surface area contributed by atoms with Crippen LogP contribution in [0.15, 0.2) is 101 Å². The van der Waals surface area contributed by atoms with Gasteiger partial charge < -0.3 is 31.2 Å². The van der Waals surface area contributed by atoms with Crippen LogP contribution in [0.2, 0.25) is 0 Å². The number of hydrogen-bond donors (Lipinski definition) is 4. The van der Waals surface area contributed by atoms with Crippen LogP contribution < -0.4 is 21.7 Å². The minimum Gasteiger partial charge on any atom is -0.445 e. The Bertz CT molecular complexity index is 1630. The van der Waals surface area contributed by atoms with Gasteiger partial charge in [-0.05, 0) is 55.0 Å². The summed E-state index contributed by atoms with van der Waals surface area (Å²) < 4.78 is 51.6. The van der Waals surface area contributed by atoms with Gasteiger partial charge in [0.2, 0.25) is 20.9 Å². The first-order chi connectivity index (χ1) is 23.1. The van der Waals surface area contributed by atoms with E-state index in [1.54, 1.807) is 30.3 Å². The molecule has 2 amide bonds. The number of sulfone groups is 1. The van der Waals surface area contributed by atoms with Crippen LogP contribution in [0.4, 0.5) is 9.18 Å². The molecule has 13 heteroatoms. The predicted octanol–water partition coefficient (Wildman–Crippen LogP) is 3.59. The number of rotatable bonds is 16. The lowest BCUT2D eigenvalue weighted by Crippen LogP contribution is -2.46. The second kappa shape index (κ2) is 18.2. The first kappa shape index (κ1) is 36.4. The fourth-order valence-corrected chi connectivity index (χ4v) is 6.06. The van der Waals surface area contributed by atoms with Gasteiger partial charge in [0, 0.05) is 25.2 Å². The van der Waals surface area contributed by atoms with E-state index in [2.05, 4.69) is 16.0 Å². The van der Waals surface area contributed by atoms with E-state index in [4.69, 9.17) is 15.2 Å². The van der Waals surface area contributed by atoms with Crippen LogP contribution in [0.3, 0.4) is 0 Å². The zero-order chi connectivity index (χ0) is 34.4. The summed E-state index contributed by atoms with van der Waals surface area (Å²) in [7, 11) is -4.44. The van der Waals surface area contributed by atoms with E-state index in [0.717, 1.165) is 11.6 Å². The van der Waals surface area contributed by atoms with Gasteiger partial charge in [-0.25, -0.2) is 13.2 Å². The number of hydrogen-bond acceptors (Lipinski definition) is 9. The third-order valence-electron chi connectivity index (χ3n) is 7.64. The van der Waals surface area contributed by atoms with E-state index >= 15 is 4.39 Å². The van der Waals surface area contributed by atoms with Crippen molar-refractivity contribution >= 4 is 27.6 Å². The molecule has 5 N–H and O–H groups in total. The molecule has 3 atom stereocenters. The fraction of sp³-hybridized carbons (Fsp3) is 0.343. The summed E-state index contributed by atoms with van der Waals surface area (Å²) >= 11 is 0. The zero-order valence-electron chi connectivity index (χ0n) is 26.5. The molecule has 1 aliphatic heterocycles. The third kappa shape index (κ3) is 11.1. The van der Waals surface area contributed by atoms with Gasteiger partial charge in [0.05, 0.1) is 23.6 Å². The number of ether oxygens (including phenoxy) is 2. The molecule has 0 aromatic heterocycles. The van der Waals surface area contributed by atoms with Crippen molar-refractivity contribution in [3.8, 4) is 0 Å². The molecule has 1 unspecified atom stereocenters. The number of halogens is 1. The van der Waals surface area contributed by atoms with E-state index in [-0.39, 0.29) is 36.7 Å². The van der Waals surface area contributed by atoms with E-state index < -0.39 is 45.2 Å². The number of nitrogens with two attached hydrogens (primary N) is 1. The Hall–Kier alpha value is -4.43. The Labute approximate surface area is 280 Å².